The van der Waals surface area contributed by atoms with Crippen molar-refractivity contribution in [3.05, 3.63) is 29.8 Å². The monoisotopic (exact) mass is 303 g/mol. The van der Waals surface area contributed by atoms with Crippen LogP contribution in [0.4, 0.5) is 5.69 Å². The first kappa shape index (κ1) is 16.8. The molecule has 0 aromatic heterocycles. The van der Waals surface area contributed by atoms with E-state index in [4.69, 9.17) is 5.73 Å². The van der Waals surface area contributed by atoms with Crippen molar-refractivity contribution < 1.29 is 4.79 Å². The SMILES string of the molecule is CCCN(CC)c1ccc(C(=O)NC2(CN)CCCC2)cc1. The number of nitrogens with one attached hydrogen (secondary N) is 1. The first-order valence-electron chi connectivity index (χ1n) is 8.51. The van der Waals surface area contributed by atoms with Crippen molar-refractivity contribution >= 4 is 11.6 Å². The number of benzene rings is 1. The van der Waals surface area contributed by atoms with Gasteiger partial charge in [-0.05, 0) is 50.5 Å². The van der Waals surface area contributed by atoms with Gasteiger partial charge >= 0.3 is 0 Å². The number of anilines is 1. The van der Waals surface area contributed by atoms with Crippen LogP contribution in [-0.4, -0.2) is 31.1 Å². The molecule has 3 N–H and O–H groups in total. The number of carbonyl (C=O) groups excluding carboxylic acids is 1. The lowest BCUT2D eigenvalue weighted by molar-refractivity contribution is 0.0903. The summed E-state index contributed by atoms with van der Waals surface area (Å²) in [5.74, 6) is -0.00237. The number of hydrogen-bond donors (Lipinski definition) is 2. The molecule has 1 saturated carbocycles. The van der Waals surface area contributed by atoms with Gasteiger partial charge in [-0.3, -0.25) is 4.79 Å². The molecule has 122 valence electrons. The summed E-state index contributed by atoms with van der Waals surface area (Å²) in [6, 6.07) is 7.92. The molecule has 22 heavy (non-hydrogen) atoms. The van der Waals surface area contributed by atoms with Crippen molar-refractivity contribution in [1.29, 1.82) is 0 Å². The molecule has 4 heteroatoms. The van der Waals surface area contributed by atoms with Crippen molar-refractivity contribution in [2.75, 3.05) is 24.5 Å². The van der Waals surface area contributed by atoms with E-state index >= 15 is 0 Å². The van der Waals surface area contributed by atoms with Crippen LogP contribution < -0.4 is 16.0 Å². The molecule has 0 aliphatic heterocycles. The Morgan fingerprint density at radius 2 is 1.86 bits per heavy atom. The predicted molar refractivity (Wildman–Crippen MR) is 92.3 cm³/mol. The Morgan fingerprint density at radius 3 is 2.36 bits per heavy atom. The maximum atomic E-state index is 12.5. The molecule has 1 fully saturated rings. The van der Waals surface area contributed by atoms with Crippen LogP contribution in [0.1, 0.15) is 56.3 Å². The van der Waals surface area contributed by atoms with Crippen molar-refractivity contribution in [1.82, 2.24) is 5.32 Å². The molecular formula is C18H29N3O. The molecule has 0 bridgehead atoms. The smallest absolute Gasteiger partial charge is 0.251 e. The van der Waals surface area contributed by atoms with E-state index < -0.39 is 0 Å². The summed E-state index contributed by atoms with van der Waals surface area (Å²) in [4.78, 5) is 14.8. The maximum absolute atomic E-state index is 12.5. The Balaban J connectivity index is 2.04. The Hall–Kier alpha value is -1.55. The van der Waals surface area contributed by atoms with Crippen LogP contribution in [0.5, 0.6) is 0 Å². The van der Waals surface area contributed by atoms with Gasteiger partial charge < -0.3 is 16.0 Å². The largest absolute Gasteiger partial charge is 0.372 e. The van der Waals surface area contributed by atoms with Gasteiger partial charge in [0.1, 0.15) is 0 Å². The summed E-state index contributed by atoms with van der Waals surface area (Å²) in [6.45, 7) is 6.88. The summed E-state index contributed by atoms with van der Waals surface area (Å²) in [7, 11) is 0. The number of hydrogen-bond acceptors (Lipinski definition) is 3. The Labute approximate surface area is 134 Å². The van der Waals surface area contributed by atoms with E-state index in [-0.39, 0.29) is 11.4 Å². The molecule has 2 rings (SSSR count). The number of amides is 1. The third-order valence-electron chi connectivity index (χ3n) is 4.70. The minimum Gasteiger partial charge on any atom is -0.372 e. The Morgan fingerprint density at radius 1 is 1.23 bits per heavy atom. The predicted octanol–water partition coefficient (Wildman–Crippen LogP) is 2.92. The highest BCUT2D eigenvalue weighted by molar-refractivity contribution is 5.95. The molecule has 1 aliphatic carbocycles. The molecule has 1 aliphatic rings. The minimum atomic E-state index is -0.187. The van der Waals surface area contributed by atoms with Gasteiger partial charge in [0, 0.05) is 30.9 Å². The average molecular weight is 303 g/mol. The normalized spacial score (nSPS) is 16.5. The minimum absolute atomic E-state index is 0.00237. The third-order valence-corrected chi connectivity index (χ3v) is 4.70. The van der Waals surface area contributed by atoms with E-state index in [9.17, 15) is 4.79 Å². The van der Waals surface area contributed by atoms with E-state index in [1.54, 1.807) is 0 Å². The molecule has 0 atom stereocenters. The lowest BCUT2D eigenvalue weighted by Gasteiger charge is -2.29. The van der Waals surface area contributed by atoms with E-state index in [1.807, 2.05) is 24.3 Å². The van der Waals surface area contributed by atoms with Crippen molar-refractivity contribution in [2.45, 2.75) is 51.5 Å². The molecular weight excluding hydrogens is 274 g/mol. The van der Waals surface area contributed by atoms with Crippen LogP contribution in [0.25, 0.3) is 0 Å². The van der Waals surface area contributed by atoms with Gasteiger partial charge in [-0.1, -0.05) is 19.8 Å². The van der Waals surface area contributed by atoms with Crippen LogP contribution in [-0.2, 0) is 0 Å². The highest BCUT2D eigenvalue weighted by Crippen LogP contribution is 2.29. The summed E-state index contributed by atoms with van der Waals surface area (Å²) in [6.07, 6.45) is 5.41. The van der Waals surface area contributed by atoms with Gasteiger partial charge in [0.15, 0.2) is 0 Å². The molecule has 0 heterocycles. The summed E-state index contributed by atoms with van der Waals surface area (Å²) >= 11 is 0. The summed E-state index contributed by atoms with van der Waals surface area (Å²) in [5, 5.41) is 3.17. The van der Waals surface area contributed by atoms with Crippen LogP contribution in [0.15, 0.2) is 24.3 Å². The van der Waals surface area contributed by atoms with Gasteiger partial charge in [-0.25, -0.2) is 0 Å². The fourth-order valence-electron chi connectivity index (χ4n) is 3.31. The molecule has 1 amide bonds. The molecule has 0 spiro atoms. The molecule has 0 saturated heterocycles. The number of nitrogens with two attached hydrogens (primary N) is 1. The third kappa shape index (κ3) is 3.80. The van der Waals surface area contributed by atoms with E-state index in [2.05, 4.69) is 24.1 Å². The second-order valence-electron chi connectivity index (χ2n) is 6.27. The van der Waals surface area contributed by atoms with E-state index in [1.165, 1.54) is 5.69 Å². The van der Waals surface area contributed by atoms with Gasteiger partial charge in [0.05, 0.1) is 5.54 Å². The quantitative estimate of drug-likeness (QED) is 0.814. The second-order valence-corrected chi connectivity index (χ2v) is 6.27. The van der Waals surface area contributed by atoms with Crippen molar-refractivity contribution in [2.24, 2.45) is 5.73 Å². The zero-order valence-electron chi connectivity index (χ0n) is 13.9. The summed E-state index contributed by atoms with van der Waals surface area (Å²) < 4.78 is 0. The van der Waals surface area contributed by atoms with Gasteiger partial charge in [-0.15, -0.1) is 0 Å². The van der Waals surface area contributed by atoms with Crippen molar-refractivity contribution in [3.8, 4) is 0 Å². The van der Waals surface area contributed by atoms with Gasteiger partial charge in [-0.2, -0.15) is 0 Å². The molecule has 0 radical (unpaired) electrons. The first-order valence-corrected chi connectivity index (χ1v) is 8.51. The van der Waals surface area contributed by atoms with Gasteiger partial charge in [0.25, 0.3) is 5.91 Å². The molecule has 1 aromatic rings. The van der Waals surface area contributed by atoms with Gasteiger partial charge in [0.2, 0.25) is 0 Å². The highest BCUT2D eigenvalue weighted by Gasteiger charge is 2.34. The fraction of sp³-hybridized carbons (Fsp3) is 0.611. The zero-order chi connectivity index (χ0) is 16.0. The standard InChI is InChI=1S/C18H29N3O/c1-3-13-21(4-2)16-9-7-15(8-10-16)17(22)20-18(14-19)11-5-6-12-18/h7-10H,3-6,11-14,19H2,1-2H3,(H,20,22). The summed E-state index contributed by atoms with van der Waals surface area (Å²) in [5.41, 5.74) is 7.60. The number of carbonyl (C=O) groups is 1. The van der Waals surface area contributed by atoms with Crippen LogP contribution in [0.2, 0.25) is 0 Å². The lowest BCUT2D eigenvalue weighted by atomic mass is 9.97. The topological polar surface area (TPSA) is 58.4 Å². The van der Waals surface area contributed by atoms with E-state index in [0.29, 0.717) is 6.54 Å². The fourth-order valence-corrected chi connectivity index (χ4v) is 3.31. The van der Waals surface area contributed by atoms with Crippen LogP contribution >= 0.6 is 0 Å². The van der Waals surface area contributed by atoms with Crippen molar-refractivity contribution in [3.63, 3.8) is 0 Å². The number of nitrogens with zero attached hydrogens (tertiary/aromatic N) is 1. The average Bonchev–Trinajstić information content (AvgIpc) is 3.02. The first-order chi connectivity index (χ1) is 10.6. The Kier molecular flexibility index (Phi) is 5.83. The molecule has 4 nitrogen and oxygen atoms in total. The second kappa shape index (κ2) is 7.63. The molecule has 1 aromatic carbocycles. The molecule has 0 unspecified atom stereocenters. The Bertz CT molecular complexity index is 478. The van der Waals surface area contributed by atoms with Crippen LogP contribution in [0, 0.1) is 0 Å². The van der Waals surface area contributed by atoms with Crippen LogP contribution in [0.3, 0.4) is 0 Å². The highest BCUT2D eigenvalue weighted by atomic mass is 16.1. The number of rotatable bonds is 7. The maximum Gasteiger partial charge on any atom is 0.251 e. The lowest BCUT2D eigenvalue weighted by Crippen LogP contribution is -2.51. The zero-order valence-corrected chi connectivity index (χ0v) is 13.9. The van der Waals surface area contributed by atoms with E-state index in [0.717, 1.165) is 50.8 Å².